The van der Waals surface area contributed by atoms with Crippen LogP contribution < -0.4 is 11.1 Å². The smallest absolute Gasteiger partial charge is 0.0355 e. The molecule has 0 aromatic carbocycles. The molecule has 0 aromatic rings. The van der Waals surface area contributed by atoms with Crippen molar-refractivity contribution in [1.82, 2.24) is 5.32 Å². The SMILES string of the molecule is NC1C=CC=C2NCC=CC21. The van der Waals surface area contributed by atoms with Crippen molar-refractivity contribution in [3.05, 3.63) is 36.1 Å². The zero-order valence-corrected chi connectivity index (χ0v) is 6.33. The van der Waals surface area contributed by atoms with Gasteiger partial charge in [0.15, 0.2) is 0 Å². The van der Waals surface area contributed by atoms with E-state index in [1.54, 1.807) is 0 Å². The molecule has 2 heteroatoms. The van der Waals surface area contributed by atoms with Gasteiger partial charge in [-0.2, -0.15) is 0 Å². The minimum absolute atomic E-state index is 0.152. The maximum atomic E-state index is 5.87. The average molecular weight is 148 g/mol. The van der Waals surface area contributed by atoms with Crippen LogP contribution in [0.2, 0.25) is 0 Å². The molecule has 0 saturated carbocycles. The molecule has 2 aliphatic rings. The van der Waals surface area contributed by atoms with E-state index < -0.39 is 0 Å². The van der Waals surface area contributed by atoms with Crippen molar-refractivity contribution in [3.63, 3.8) is 0 Å². The molecule has 2 unspecified atom stereocenters. The Bertz CT molecular complexity index is 238. The van der Waals surface area contributed by atoms with Crippen LogP contribution in [0.3, 0.4) is 0 Å². The number of allylic oxidation sites excluding steroid dienone is 2. The normalized spacial score (nSPS) is 34.1. The van der Waals surface area contributed by atoms with Crippen molar-refractivity contribution < 1.29 is 0 Å². The number of nitrogens with two attached hydrogens (primary N) is 1. The molecule has 1 aliphatic carbocycles. The maximum Gasteiger partial charge on any atom is 0.0355 e. The summed E-state index contributed by atoms with van der Waals surface area (Å²) >= 11 is 0. The lowest BCUT2D eigenvalue weighted by Gasteiger charge is -2.27. The first-order valence-corrected chi connectivity index (χ1v) is 3.92. The van der Waals surface area contributed by atoms with Crippen molar-refractivity contribution in [2.45, 2.75) is 6.04 Å². The fourth-order valence-corrected chi connectivity index (χ4v) is 1.53. The van der Waals surface area contributed by atoms with E-state index in [1.807, 2.05) is 12.2 Å². The van der Waals surface area contributed by atoms with Crippen LogP contribution in [-0.2, 0) is 0 Å². The predicted molar refractivity (Wildman–Crippen MR) is 45.8 cm³/mol. The molecule has 2 atom stereocenters. The minimum atomic E-state index is 0.152. The highest BCUT2D eigenvalue weighted by Gasteiger charge is 2.20. The third-order valence-corrected chi connectivity index (χ3v) is 2.15. The van der Waals surface area contributed by atoms with Gasteiger partial charge in [-0.1, -0.05) is 24.3 Å². The molecular formula is C9H12N2. The summed E-state index contributed by atoms with van der Waals surface area (Å²) in [6, 6.07) is 0.152. The van der Waals surface area contributed by atoms with Crippen LogP contribution in [0.25, 0.3) is 0 Å². The van der Waals surface area contributed by atoms with E-state index in [0.29, 0.717) is 5.92 Å². The number of rotatable bonds is 0. The average Bonchev–Trinajstić information content (AvgIpc) is 2.06. The standard InChI is InChI=1S/C9H12N2/c10-8-4-1-5-9-7(8)3-2-6-11-9/h1-5,7-8,11H,6,10H2. The highest BCUT2D eigenvalue weighted by molar-refractivity contribution is 5.30. The maximum absolute atomic E-state index is 5.87. The summed E-state index contributed by atoms with van der Waals surface area (Å²) in [7, 11) is 0. The second-order valence-corrected chi connectivity index (χ2v) is 2.92. The first-order chi connectivity index (χ1) is 5.38. The molecular weight excluding hydrogens is 136 g/mol. The zero-order valence-electron chi connectivity index (χ0n) is 6.33. The molecule has 0 radical (unpaired) electrons. The van der Waals surface area contributed by atoms with Gasteiger partial charge in [-0.15, -0.1) is 0 Å². The van der Waals surface area contributed by atoms with E-state index in [1.165, 1.54) is 5.70 Å². The van der Waals surface area contributed by atoms with Crippen molar-refractivity contribution in [3.8, 4) is 0 Å². The van der Waals surface area contributed by atoms with Crippen LogP contribution >= 0.6 is 0 Å². The molecule has 0 bridgehead atoms. The molecule has 2 nitrogen and oxygen atoms in total. The van der Waals surface area contributed by atoms with Crippen molar-refractivity contribution >= 4 is 0 Å². The van der Waals surface area contributed by atoms with Crippen LogP contribution in [0, 0.1) is 5.92 Å². The Morgan fingerprint density at radius 3 is 3.18 bits per heavy atom. The molecule has 0 aromatic heterocycles. The van der Waals surface area contributed by atoms with Crippen molar-refractivity contribution in [2.24, 2.45) is 11.7 Å². The molecule has 0 saturated heterocycles. The highest BCUT2D eigenvalue weighted by atomic mass is 14.9. The molecule has 58 valence electrons. The summed E-state index contributed by atoms with van der Waals surface area (Å²) in [5.74, 6) is 0.383. The van der Waals surface area contributed by atoms with Crippen LogP contribution in [0.5, 0.6) is 0 Å². The Morgan fingerprint density at radius 2 is 2.36 bits per heavy atom. The quantitative estimate of drug-likeness (QED) is 0.492. The Labute approximate surface area is 66.5 Å². The van der Waals surface area contributed by atoms with E-state index in [2.05, 4.69) is 23.5 Å². The van der Waals surface area contributed by atoms with Gasteiger partial charge >= 0.3 is 0 Å². The van der Waals surface area contributed by atoms with E-state index in [9.17, 15) is 0 Å². The van der Waals surface area contributed by atoms with Crippen LogP contribution in [0.15, 0.2) is 36.1 Å². The number of nitrogens with one attached hydrogen (secondary N) is 1. The Hall–Kier alpha value is -1.02. The van der Waals surface area contributed by atoms with Crippen molar-refractivity contribution in [1.29, 1.82) is 0 Å². The first kappa shape index (κ1) is 6.68. The Balaban J connectivity index is 2.29. The second kappa shape index (κ2) is 2.55. The van der Waals surface area contributed by atoms with Gasteiger partial charge in [0.25, 0.3) is 0 Å². The number of hydrogen-bond acceptors (Lipinski definition) is 2. The van der Waals surface area contributed by atoms with Gasteiger partial charge in [-0.05, 0) is 6.08 Å². The van der Waals surface area contributed by atoms with E-state index in [-0.39, 0.29) is 6.04 Å². The third-order valence-electron chi connectivity index (χ3n) is 2.15. The molecule has 11 heavy (non-hydrogen) atoms. The van der Waals surface area contributed by atoms with Gasteiger partial charge in [-0.25, -0.2) is 0 Å². The molecule has 1 aliphatic heterocycles. The van der Waals surface area contributed by atoms with Gasteiger partial charge in [-0.3, -0.25) is 0 Å². The van der Waals surface area contributed by atoms with Crippen molar-refractivity contribution in [2.75, 3.05) is 6.54 Å². The molecule has 1 heterocycles. The molecule has 3 N–H and O–H groups in total. The first-order valence-electron chi connectivity index (χ1n) is 3.92. The fourth-order valence-electron chi connectivity index (χ4n) is 1.53. The summed E-state index contributed by atoms with van der Waals surface area (Å²) in [4.78, 5) is 0. The molecule has 0 spiro atoms. The molecule has 2 rings (SSSR count). The van der Waals surface area contributed by atoms with Crippen LogP contribution in [0.4, 0.5) is 0 Å². The van der Waals surface area contributed by atoms with E-state index >= 15 is 0 Å². The summed E-state index contributed by atoms with van der Waals surface area (Å²) in [6.45, 7) is 0.933. The monoisotopic (exact) mass is 148 g/mol. The topological polar surface area (TPSA) is 38.0 Å². The number of hydrogen-bond donors (Lipinski definition) is 2. The van der Waals surface area contributed by atoms with Gasteiger partial charge in [0.2, 0.25) is 0 Å². The summed E-state index contributed by atoms with van der Waals surface area (Å²) in [6.07, 6.45) is 10.4. The lowest BCUT2D eigenvalue weighted by molar-refractivity contribution is 0.583. The van der Waals surface area contributed by atoms with Crippen LogP contribution in [0.1, 0.15) is 0 Å². The summed E-state index contributed by atoms with van der Waals surface area (Å²) < 4.78 is 0. The van der Waals surface area contributed by atoms with Gasteiger partial charge in [0, 0.05) is 24.2 Å². The lowest BCUT2D eigenvalue weighted by atomic mass is 9.90. The largest absolute Gasteiger partial charge is 0.384 e. The Kier molecular flexibility index (Phi) is 1.55. The lowest BCUT2D eigenvalue weighted by Crippen LogP contribution is -2.36. The second-order valence-electron chi connectivity index (χ2n) is 2.92. The van der Waals surface area contributed by atoms with Crippen LogP contribution in [-0.4, -0.2) is 12.6 Å². The summed E-state index contributed by atoms with van der Waals surface area (Å²) in [5.41, 5.74) is 7.12. The zero-order chi connectivity index (χ0) is 7.68. The van der Waals surface area contributed by atoms with E-state index in [0.717, 1.165) is 6.54 Å². The number of fused-ring (bicyclic) bond motifs is 1. The van der Waals surface area contributed by atoms with E-state index in [4.69, 9.17) is 5.73 Å². The fraction of sp³-hybridized carbons (Fsp3) is 0.333. The Morgan fingerprint density at radius 1 is 1.45 bits per heavy atom. The summed E-state index contributed by atoms with van der Waals surface area (Å²) in [5, 5.41) is 3.29. The minimum Gasteiger partial charge on any atom is -0.384 e. The molecule has 0 amide bonds. The predicted octanol–water partition coefficient (Wildman–Crippen LogP) is 0.543. The highest BCUT2D eigenvalue weighted by Crippen LogP contribution is 2.20. The third kappa shape index (κ3) is 1.10. The van der Waals surface area contributed by atoms with Gasteiger partial charge in [0.05, 0.1) is 0 Å². The molecule has 0 fully saturated rings. The van der Waals surface area contributed by atoms with Gasteiger partial charge in [0.1, 0.15) is 0 Å². The van der Waals surface area contributed by atoms with Gasteiger partial charge < -0.3 is 11.1 Å².